The molecule has 0 aliphatic heterocycles. The van der Waals surface area contributed by atoms with E-state index in [0.29, 0.717) is 28.7 Å². The summed E-state index contributed by atoms with van der Waals surface area (Å²) in [6.45, 7) is 7.75. The minimum Gasteiger partial charge on any atom is -0.384 e. The second-order valence-electron chi connectivity index (χ2n) is 5.79. The summed E-state index contributed by atoms with van der Waals surface area (Å²) in [5.41, 5.74) is 6.82. The molecule has 0 fully saturated rings. The van der Waals surface area contributed by atoms with E-state index < -0.39 is 0 Å². The quantitative estimate of drug-likeness (QED) is 0.879. The van der Waals surface area contributed by atoms with Gasteiger partial charge in [0.15, 0.2) is 0 Å². The number of hydrogen-bond donors (Lipinski definition) is 2. The first-order chi connectivity index (χ1) is 9.27. The molecule has 3 N–H and O–H groups in total. The lowest BCUT2D eigenvalue weighted by Gasteiger charge is -2.18. The van der Waals surface area contributed by atoms with E-state index in [-0.39, 0.29) is 11.2 Å². The van der Waals surface area contributed by atoms with Crippen LogP contribution in [0.2, 0.25) is 0 Å². The number of rotatable bonds is 2. The fourth-order valence-electron chi connectivity index (χ4n) is 1.75. The highest BCUT2D eigenvalue weighted by molar-refractivity contribution is 5.62. The smallest absolute Gasteiger partial charge is 0.138 e. The summed E-state index contributed by atoms with van der Waals surface area (Å²) in [4.78, 5) is 8.69. The van der Waals surface area contributed by atoms with Gasteiger partial charge in [0.2, 0.25) is 0 Å². The van der Waals surface area contributed by atoms with Crippen molar-refractivity contribution in [3.05, 3.63) is 41.5 Å². The normalized spacial score (nSPS) is 11.4. The Morgan fingerprint density at radius 2 is 1.90 bits per heavy atom. The fourth-order valence-corrected chi connectivity index (χ4v) is 1.75. The maximum atomic E-state index is 13.5. The number of halogens is 1. The van der Waals surface area contributed by atoms with Gasteiger partial charge < -0.3 is 11.1 Å². The van der Waals surface area contributed by atoms with E-state index in [1.165, 1.54) is 6.07 Å². The molecule has 0 saturated heterocycles. The van der Waals surface area contributed by atoms with Gasteiger partial charge in [0.1, 0.15) is 23.3 Å². The molecule has 2 rings (SSSR count). The van der Waals surface area contributed by atoms with Crippen LogP contribution in [0.15, 0.2) is 24.3 Å². The van der Waals surface area contributed by atoms with E-state index in [1.54, 1.807) is 25.1 Å². The summed E-state index contributed by atoms with van der Waals surface area (Å²) in [5.74, 6) is 1.35. The molecule has 2 aromatic rings. The van der Waals surface area contributed by atoms with Crippen molar-refractivity contribution in [1.82, 2.24) is 9.97 Å². The fraction of sp³-hybridized carbons (Fsp3) is 0.333. The Morgan fingerprint density at radius 1 is 1.20 bits per heavy atom. The van der Waals surface area contributed by atoms with Crippen molar-refractivity contribution in [3.8, 4) is 0 Å². The van der Waals surface area contributed by atoms with Gasteiger partial charge in [0.25, 0.3) is 0 Å². The number of hydrogen-bond acceptors (Lipinski definition) is 4. The van der Waals surface area contributed by atoms with Crippen molar-refractivity contribution >= 4 is 17.3 Å². The minimum atomic E-state index is -0.256. The predicted octanol–water partition coefficient (Wildman–Crippen LogP) is 3.55. The molecule has 106 valence electrons. The molecule has 1 aromatic carbocycles. The van der Waals surface area contributed by atoms with Gasteiger partial charge in [-0.2, -0.15) is 0 Å². The van der Waals surface area contributed by atoms with E-state index in [1.807, 2.05) is 20.8 Å². The molecule has 0 spiro atoms. The Morgan fingerprint density at radius 3 is 2.55 bits per heavy atom. The van der Waals surface area contributed by atoms with Crippen LogP contribution >= 0.6 is 0 Å². The summed E-state index contributed by atoms with van der Waals surface area (Å²) >= 11 is 0. The van der Waals surface area contributed by atoms with Crippen molar-refractivity contribution in [2.24, 2.45) is 0 Å². The van der Waals surface area contributed by atoms with Crippen LogP contribution in [-0.4, -0.2) is 9.97 Å². The van der Waals surface area contributed by atoms with Crippen molar-refractivity contribution in [2.45, 2.75) is 33.1 Å². The van der Waals surface area contributed by atoms with E-state index in [0.717, 1.165) is 0 Å². The van der Waals surface area contributed by atoms with Gasteiger partial charge in [0.05, 0.1) is 0 Å². The summed E-state index contributed by atoms with van der Waals surface area (Å²) in [5, 5.41) is 3.10. The molecule has 0 unspecified atom stereocenters. The van der Waals surface area contributed by atoms with Gasteiger partial charge in [-0.15, -0.1) is 0 Å². The van der Waals surface area contributed by atoms with Crippen molar-refractivity contribution in [2.75, 3.05) is 11.1 Å². The molecule has 1 heterocycles. The van der Waals surface area contributed by atoms with Gasteiger partial charge in [-0.3, -0.25) is 0 Å². The van der Waals surface area contributed by atoms with Crippen LogP contribution in [0.1, 0.15) is 32.2 Å². The van der Waals surface area contributed by atoms with Crippen LogP contribution in [0.25, 0.3) is 0 Å². The zero-order valence-electron chi connectivity index (χ0n) is 12.2. The standard InChI is InChI=1S/C15H19FN4/c1-9-10(16)6-5-7-11(9)18-13-8-12(17)19-14(20-13)15(2,3)4/h5-8H,1-4H3,(H3,17,18,19,20). The summed E-state index contributed by atoms with van der Waals surface area (Å²) in [6.07, 6.45) is 0. The molecule has 5 heteroatoms. The monoisotopic (exact) mass is 274 g/mol. The highest BCUT2D eigenvalue weighted by atomic mass is 19.1. The van der Waals surface area contributed by atoms with Gasteiger partial charge in [-0.05, 0) is 19.1 Å². The first-order valence-corrected chi connectivity index (χ1v) is 6.44. The van der Waals surface area contributed by atoms with Crippen LogP contribution < -0.4 is 11.1 Å². The second kappa shape index (κ2) is 5.07. The van der Waals surface area contributed by atoms with Crippen LogP contribution in [-0.2, 0) is 5.41 Å². The highest BCUT2D eigenvalue weighted by Gasteiger charge is 2.19. The Balaban J connectivity index is 2.39. The summed E-state index contributed by atoms with van der Waals surface area (Å²) in [6, 6.07) is 6.52. The molecule has 0 bridgehead atoms. The lowest BCUT2D eigenvalue weighted by molar-refractivity contribution is 0.547. The maximum Gasteiger partial charge on any atom is 0.138 e. The topological polar surface area (TPSA) is 63.8 Å². The number of nitrogen functional groups attached to an aromatic ring is 1. The van der Waals surface area contributed by atoms with Gasteiger partial charge in [-0.25, -0.2) is 14.4 Å². The van der Waals surface area contributed by atoms with Crippen molar-refractivity contribution < 1.29 is 4.39 Å². The third-order valence-corrected chi connectivity index (χ3v) is 2.95. The second-order valence-corrected chi connectivity index (χ2v) is 5.79. The van der Waals surface area contributed by atoms with Gasteiger partial charge in [0, 0.05) is 22.7 Å². The highest BCUT2D eigenvalue weighted by Crippen LogP contribution is 2.25. The number of nitrogens with zero attached hydrogens (tertiary/aromatic N) is 2. The minimum absolute atomic E-state index is 0.206. The van der Waals surface area contributed by atoms with E-state index in [4.69, 9.17) is 5.73 Å². The lowest BCUT2D eigenvalue weighted by atomic mass is 9.96. The molecule has 0 atom stereocenters. The Kier molecular flexibility index (Phi) is 3.61. The van der Waals surface area contributed by atoms with Crippen molar-refractivity contribution in [3.63, 3.8) is 0 Å². The molecule has 0 aliphatic rings. The zero-order valence-corrected chi connectivity index (χ0v) is 12.2. The Labute approximate surface area is 118 Å². The first kappa shape index (κ1) is 14.2. The first-order valence-electron chi connectivity index (χ1n) is 6.44. The molecular weight excluding hydrogens is 255 g/mol. The number of aromatic nitrogens is 2. The third-order valence-electron chi connectivity index (χ3n) is 2.95. The molecular formula is C15H19FN4. The van der Waals surface area contributed by atoms with Crippen LogP contribution in [0.4, 0.5) is 21.7 Å². The Hall–Kier alpha value is -2.17. The average Bonchev–Trinajstić information content (AvgIpc) is 2.33. The van der Waals surface area contributed by atoms with Crippen molar-refractivity contribution in [1.29, 1.82) is 0 Å². The van der Waals surface area contributed by atoms with Gasteiger partial charge >= 0.3 is 0 Å². The van der Waals surface area contributed by atoms with Crippen LogP contribution in [0.3, 0.4) is 0 Å². The Bertz CT molecular complexity index is 632. The molecule has 0 amide bonds. The molecule has 0 aliphatic carbocycles. The SMILES string of the molecule is Cc1c(F)cccc1Nc1cc(N)nc(C(C)(C)C)n1. The van der Waals surface area contributed by atoms with Gasteiger partial charge in [-0.1, -0.05) is 26.8 Å². The number of benzene rings is 1. The van der Waals surface area contributed by atoms with Crippen LogP contribution in [0.5, 0.6) is 0 Å². The largest absolute Gasteiger partial charge is 0.384 e. The number of nitrogens with one attached hydrogen (secondary N) is 1. The summed E-state index contributed by atoms with van der Waals surface area (Å²) in [7, 11) is 0. The predicted molar refractivity (Wildman–Crippen MR) is 79.6 cm³/mol. The zero-order chi connectivity index (χ0) is 14.9. The molecule has 4 nitrogen and oxygen atoms in total. The number of nitrogens with two attached hydrogens (primary N) is 1. The lowest BCUT2D eigenvalue weighted by Crippen LogP contribution is -2.17. The van der Waals surface area contributed by atoms with E-state index in [9.17, 15) is 4.39 Å². The van der Waals surface area contributed by atoms with E-state index in [2.05, 4.69) is 15.3 Å². The summed E-state index contributed by atoms with van der Waals surface area (Å²) < 4.78 is 13.5. The van der Waals surface area contributed by atoms with E-state index >= 15 is 0 Å². The molecule has 0 saturated carbocycles. The molecule has 20 heavy (non-hydrogen) atoms. The molecule has 0 radical (unpaired) electrons. The van der Waals surface area contributed by atoms with Crippen LogP contribution in [0, 0.1) is 12.7 Å². The maximum absolute atomic E-state index is 13.5. The average molecular weight is 274 g/mol. The third kappa shape index (κ3) is 3.04. The molecule has 1 aromatic heterocycles. The number of anilines is 3.